The van der Waals surface area contributed by atoms with Crippen LogP contribution in [0.2, 0.25) is 0 Å². The van der Waals surface area contributed by atoms with Gasteiger partial charge in [-0.25, -0.2) is 4.79 Å². The number of nitrogens with one attached hydrogen (secondary N) is 1. The van der Waals surface area contributed by atoms with Gasteiger partial charge in [0.1, 0.15) is 17.6 Å². The maximum atomic E-state index is 11.2. The monoisotopic (exact) mass is 533 g/mol. The van der Waals surface area contributed by atoms with E-state index in [-0.39, 0.29) is 17.6 Å². The van der Waals surface area contributed by atoms with Gasteiger partial charge in [0.2, 0.25) is 0 Å². The van der Waals surface area contributed by atoms with E-state index < -0.39 is 5.97 Å². The Balaban J connectivity index is 1.57. The number of aryl methyl sites for hydroxylation is 1. The maximum absolute atomic E-state index is 11.2. The van der Waals surface area contributed by atoms with Crippen molar-refractivity contribution in [1.82, 2.24) is 10.3 Å². The fourth-order valence-corrected chi connectivity index (χ4v) is 4.74. The Bertz CT molecular complexity index is 1370. The number of carbonyl (C=O) groups is 1. The standard InChI is InChI=1S/C26H20BrN3O3S/c1-15-14-18(9-10-19(15)27)30-24(23(29-26(30)34)20-4-2-3-13-28-20)22-12-11-21(33-22)16-5-7-17(8-6-16)25(31)32/h2-14,23-24H,1H3,(H,29,34)(H,31,32)/t23-,24+/m1/s1. The third kappa shape index (κ3) is 4.10. The lowest BCUT2D eigenvalue weighted by atomic mass is 10.0. The molecule has 2 N–H and O–H groups in total. The Morgan fingerprint density at radius 2 is 1.91 bits per heavy atom. The zero-order valence-electron chi connectivity index (χ0n) is 18.1. The molecule has 2 aromatic heterocycles. The van der Waals surface area contributed by atoms with Crippen molar-refractivity contribution in [3.63, 3.8) is 0 Å². The van der Waals surface area contributed by atoms with Crippen molar-refractivity contribution in [1.29, 1.82) is 0 Å². The largest absolute Gasteiger partial charge is 0.478 e. The first-order valence-electron chi connectivity index (χ1n) is 10.6. The van der Waals surface area contributed by atoms with Crippen molar-refractivity contribution in [2.75, 3.05) is 4.90 Å². The van der Waals surface area contributed by atoms with Crippen LogP contribution in [0.3, 0.4) is 0 Å². The van der Waals surface area contributed by atoms with Gasteiger partial charge in [-0.1, -0.05) is 34.1 Å². The van der Waals surface area contributed by atoms with Crippen molar-refractivity contribution in [2.24, 2.45) is 0 Å². The van der Waals surface area contributed by atoms with E-state index in [0.717, 1.165) is 32.7 Å². The molecule has 1 fully saturated rings. The second kappa shape index (κ2) is 9.04. The lowest BCUT2D eigenvalue weighted by Crippen LogP contribution is -2.29. The molecule has 0 amide bonds. The minimum atomic E-state index is -0.962. The van der Waals surface area contributed by atoms with Crippen molar-refractivity contribution in [3.05, 3.63) is 106 Å². The molecule has 2 atom stereocenters. The summed E-state index contributed by atoms with van der Waals surface area (Å²) in [6, 6.07) is 21.9. The number of anilines is 1. The molecule has 2 aromatic carbocycles. The second-order valence-corrected chi connectivity index (χ2v) is 9.26. The van der Waals surface area contributed by atoms with E-state index >= 15 is 0 Å². The number of aromatic nitrogens is 1. The second-order valence-electron chi connectivity index (χ2n) is 8.01. The number of hydrogen-bond acceptors (Lipinski definition) is 4. The van der Waals surface area contributed by atoms with Crippen LogP contribution in [0.1, 0.15) is 39.5 Å². The van der Waals surface area contributed by atoms with E-state index in [4.69, 9.17) is 16.6 Å². The highest BCUT2D eigenvalue weighted by molar-refractivity contribution is 9.10. The Morgan fingerprint density at radius 1 is 1.12 bits per heavy atom. The molecule has 1 aliphatic heterocycles. The number of carboxylic acid groups (broad SMARTS) is 1. The highest BCUT2D eigenvalue weighted by Crippen LogP contribution is 2.43. The molecule has 3 heterocycles. The van der Waals surface area contributed by atoms with Crippen molar-refractivity contribution < 1.29 is 14.3 Å². The third-order valence-corrected chi connectivity index (χ3v) is 7.06. The molecular weight excluding hydrogens is 514 g/mol. The molecule has 5 rings (SSSR count). The Kier molecular flexibility index (Phi) is 5.93. The zero-order valence-corrected chi connectivity index (χ0v) is 20.5. The normalized spacial score (nSPS) is 17.6. The smallest absolute Gasteiger partial charge is 0.335 e. The van der Waals surface area contributed by atoms with Crippen LogP contribution in [-0.4, -0.2) is 21.2 Å². The Labute approximate surface area is 210 Å². The van der Waals surface area contributed by atoms with Gasteiger partial charge in [0.05, 0.1) is 17.3 Å². The summed E-state index contributed by atoms with van der Waals surface area (Å²) >= 11 is 9.34. The number of halogens is 1. The van der Waals surface area contributed by atoms with E-state index in [0.29, 0.717) is 10.9 Å². The van der Waals surface area contributed by atoms with Crippen LogP contribution in [0.15, 0.2) is 87.9 Å². The van der Waals surface area contributed by atoms with Gasteiger partial charge in [-0.05, 0) is 79.3 Å². The van der Waals surface area contributed by atoms with Crippen LogP contribution in [0.25, 0.3) is 11.3 Å². The number of furan rings is 1. The Hall–Kier alpha value is -3.49. The average Bonchev–Trinajstić information content (AvgIpc) is 3.46. The molecule has 1 aliphatic rings. The minimum absolute atomic E-state index is 0.217. The lowest BCUT2D eigenvalue weighted by molar-refractivity contribution is 0.0697. The van der Waals surface area contributed by atoms with Gasteiger partial charge in [0.15, 0.2) is 5.11 Å². The van der Waals surface area contributed by atoms with Gasteiger partial charge in [0, 0.05) is 21.9 Å². The predicted octanol–water partition coefficient (Wildman–Crippen LogP) is 6.29. The Morgan fingerprint density at radius 3 is 2.59 bits per heavy atom. The predicted molar refractivity (Wildman–Crippen MR) is 138 cm³/mol. The van der Waals surface area contributed by atoms with Gasteiger partial charge < -0.3 is 19.7 Å². The molecule has 0 saturated carbocycles. The molecule has 0 spiro atoms. The number of carboxylic acids is 1. The number of hydrogen-bond donors (Lipinski definition) is 2. The quantitative estimate of drug-likeness (QED) is 0.292. The van der Waals surface area contributed by atoms with E-state index in [9.17, 15) is 9.90 Å². The number of thiocarbonyl (C=S) groups is 1. The number of nitrogens with zero attached hydrogens (tertiary/aromatic N) is 2. The number of benzene rings is 2. The number of rotatable bonds is 5. The first-order valence-corrected chi connectivity index (χ1v) is 11.8. The minimum Gasteiger partial charge on any atom is -0.478 e. The van der Waals surface area contributed by atoms with Crippen LogP contribution in [0, 0.1) is 6.92 Å². The zero-order chi connectivity index (χ0) is 23.8. The molecule has 0 bridgehead atoms. The van der Waals surface area contributed by atoms with Crippen molar-refractivity contribution >= 4 is 44.9 Å². The molecule has 1 saturated heterocycles. The summed E-state index contributed by atoms with van der Waals surface area (Å²) in [5.41, 5.74) is 3.93. The SMILES string of the molecule is Cc1cc(N2C(=S)N[C@H](c3ccccn3)[C@@H]2c2ccc(-c3ccc(C(=O)O)cc3)o2)ccc1Br. The van der Waals surface area contributed by atoms with Crippen molar-refractivity contribution in [2.45, 2.75) is 19.0 Å². The average molecular weight is 534 g/mol. The van der Waals surface area contributed by atoms with Crippen molar-refractivity contribution in [3.8, 4) is 11.3 Å². The van der Waals surface area contributed by atoms with Crippen LogP contribution in [-0.2, 0) is 0 Å². The molecular formula is C26H20BrN3O3S. The molecule has 34 heavy (non-hydrogen) atoms. The van der Waals surface area contributed by atoms with E-state index in [2.05, 4.69) is 37.2 Å². The van der Waals surface area contributed by atoms with Crippen LogP contribution < -0.4 is 10.2 Å². The van der Waals surface area contributed by atoms with E-state index in [1.165, 1.54) is 0 Å². The summed E-state index contributed by atoms with van der Waals surface area (Å²) in [5.74, 6) is 0.410. The van der Waals surface area contributed by atoms with E-state index in [1.54, 1.807) is 30.5 Å². The number of aromatic carboxylic acids is 1. The molecule has 6 nitrogen and oxygen atoms in total. The van der Waals surface area contributed by atoms with Gasteiger partial charge in [-0.3, -0.25) is 4.98 Å². The van der Waals surface area contributed by atoms with Gasteiger partial charge in [-0.15, -0.1) is 0 Å². The maximum Gasteiger partial charge on any atom is 0.335 e. The summed E-state index contributed by atoms with van der Waals surface area (Å²) in [7, 11) is 0. The van der Waals surface area contributed by atoms with Crippen LogP contribution in [0.5, 0.6) is 0 Å². The fourth-order valence-electron chi connectivity index (χ4n) is 4.14. The molecule has 0 aliphatic carbocycles. The first kappa shape index (κ1) is 22.3. The van der Waals surface area contributed by atoms with Crippen LogP contribution >= 0.6 is 28.1 Å². The third-order valence-electron chi connectivity index (χ3n) is 5.85. The topological polar surface area (TPSA) is 78.6 Å². The fraction of sp³-hybridized carbons (Fsp3) is 0.115. The summed E-state index contributed by atoms with van der Waals surface area (Å²) in [6.07, 6.45) is 1.77. The lowest BCUT2D eigenvalue weighted by Gasteiger charge is -2.26. The molecule has 0 unspecified atom stereocenters. The van der Waals surface area contributed by atoms with Crippen LogP contribution in [0.4, 0.5) is 5.69 Å². The van der Waals surface area contributed by atoms with Gasteiger partial charge in [0.25, 0.3) is 0 Å². The van der Waals surface area contributed by atoms with Gasteiger partial charge in [-0.2, -0.15) is 0 Å². The highest BCUT2D eigenvalue weighted by atomic mass is 79.9. The van der Waals surface area contributed by atoms with Gasteiger partial charge >= 0.3 is 5.97 Å². The molecule has 4 aromatic rings. The summed E-state index contributed by atoms with van der Waals surface area (Å²) in [5, 5.41) is 13.2. The molecule has 0 radical (unpaired) electrons. The summed E-state index contributed by atoms with van der Waals surface area (Å²) < 4.78 is 7.36. The first-order chi connectivity index (χ1) is 16.4. The summed E-state index contributed by atoms with van der Waals surface area (Å²) in [4.78, 5) is 17.8. The number of pyridine rings is 1. The van der Waals surface area contributed by atoms with E-state index in [1.807, 2.05) is 49.4 Å². The molecule has 170 valence electrons. The molecule has 8 heteroatoms. The summed E-state index contributed by atoms with van der Waals surface area (Å²) in [6.45, 7) is 2.04. The highest BCUT2D eigenvalue weighted by Gasteiger charge is 2.42.